The average molecular weight is 222 g/mol. The number of ether oxygens (including phenoxy) is 1. The first-order chi connectivity index (χ1) is 7.67. The lowest BCUT2D eigenvalue weighted by molar-refractivity contribution is 0.106. The lowest BCUT2D eigenvalue weighted by atomic mass is 10.3. The normalized spacial score (nSPS) is 9.94. The van der Waals surface area contributed by atoms with E-state index < -0.39 is 0 Å². The molecule has 1 aromatic heterocycles. The third kappa shape index (κ3) is 3.53. The van der Waals surface area contributed by atoms with E-state index in [0.29, 0.717) is 19.7 Å². The number of nitrogens with zero attached hydrogens (tertiary/aromatic N) is 2. The van der Waals surface area contributed by atoms with Gasteiger partial charge < -0.3 is 9.64 Å². The second kappa shape index (κ2) is 6.10. The zero-order chi connectivity index (χ0) is 12.0. The summed E-state index contributed by atoms with van der Waals surface area (Å²) in [5.74, 6) is 0. The number of pyridine rings is 1. The van der Waals surface area contributed by atoms with Crippen LogP contribution < -0.4 is 0 Å². The predicted molar refractivity (Wildman–Crippen MR) is 62.1 cm³/mol. The molecular weight excluding hydrogens is 204 g/mol. The van der Waals surface area contributed by atoms with Crippen molar-refractivity contribution in [3.05, 3.63) is 29.6 Å². The summed E-state index contributed by atoms with van der Waals surface area (Å²) in [5.41, 5.74) is 1.84. The lowest BCUT2D eigenvalue weighted by Crippen LogP contribution is -2.31. The smallest absolute Gasteiger partial charge is 0.410 e. The van der Waals surface area contributed by atoms with Crippen molar-refractivity contribution in [2.45, 2.75) is 27.3 Å². The fourth-order valence-corrected chi connectivity index (χ4v) is 1.40. The van der Waals surface area contributed by atoms with Crippen LogP contribution in [0.2, 0.25) is 0 Å². The zero-order valence-electron chi connectivity index (χ0n) is 10.1. The van der Waals surface area contributed by atoms with Crippen molar-refractivity contribution in [3.8, 4) is 0 Å². The molecule has 1 heterocycles. The fourth-order valence-electron chi connectivity index (χ4n) is 1.40. The minimum Gasteiger partial charge on any atom is -0.450 e. The number of hydrogen-bond acceptors (Lipinski definition) is 3. The van der Waals surface area contributed by atoms with E-state index in [1.165, 1.54) is 0 Å². The summed E-state index contributed by atoms with van der Waals surface area (Å²) in [5, 5.41) is 0. The third-order valence-electron chi connectivity index (χ3n) is 2.21. The molecule has 0 aliphatic rings. The summed E-state index contributed by atoms with van der Waals surface area (Å²) >= 11 is 0. The number of hydrogen-bond donors (Lipinski definition) is 0. The standard InChI is InChI=1S/C12H18N2O2/c1-4-14(12(15)16-5-2)9-11-8-6-7-10(3)13-11/h6-8H,4-5,9H2,1-3H3. The lowest BCUT2D eigenvalue weighted by Gasteiger charge is -2.19. The van der Waals surface area contributed by atoms with Gasteiger partial charge in [-0.1, -0.05) is 6.07 Å². The van der Waals surface area contributed by atoms with Crippen molar-refractivity contribution in [2.75, 3.05) is 13.2 Å². The van der Waals surface area contributed by atoms with Crippen LogP contribution in [-0.4, -0.2) is 29.1 Å². The van der Waals surface area contributed by atoms with Gasteiger partial charge in [0, 0.05) is 12.2 Å². The van der Waals surface area contributed by atoms with Gasteiger partial charge in [-0.15, -0.1) is 0 Å². The number of carbonyl (C=O) groups excluding carboxylic acids is 1. The van der Waals surface area contributed by atoms with Gasteiger partial charge in [-0.05, 0) is 32.9 Å². The minimum absolute atomic E-state index is 0.284. The van der Waals surface area contributed by atoms with Gasteiger partial charge in [-0.3, -0.25) is 4.98 Å². The number of carbonyl (C=O) groups is 1. The molecule has 0 radical (unpaired) electrons. The molecule has 0 N–H and O–H groups in total. The Labute approximate surface area is 96.2 Å². The highest BCUT2D eigenvalue weighted by Gasteiger charge is 2.13. The SMILES string of the molecule is CCOC(=O)N(CC)Cc1cccc(C)n1. The Kier molecular flexibility index (Phi) is 4.76. The summed E-state index contributed by atoms with van der Waals surface area (Å²) in [6.07, 6.45) is -0.284. The molecule has 0 atom stereocenters. The Bertz CT molecular complexity index is 353. The van der Waals surface area contributed by atoms with Crippen LogP contribution in [-0.2, 0) is 11.3 Å². The summed E-state index contributed by atoms with van der Waals surface area (Å²) in [4.78, 5) is 17.5. The van der Waals surface area contributed by atoms with Crippen molar-refractivity contribution in [1.29, 1.82) is 0 Å². The van der Waals surface area contributed by atoms with Crippen LogP contribution in [0.5, 0.6) is 0 Å². The summed E-state index contributed by atoms with van der Waals surface area (Å²) in [7, 11) is 0. The van der Waals surface area contributed by atoms with E-state index in [1.807, 2.05) is 32.0 Å². The first-order valence-electron chi connectivity index (χ1n) is 5.51. The van der Waals surface area contributed by atoms with Crippen LogP contribution in [0.3, 0.4) is 0 Å². The van der Waals surface area contributed by atoms with Crippen molar-refractivity contribution >= 4 is 6.09 Å². The molecular formula is C12H18N2O2. The number of aromatic nitrogens is 1. The molecule has 1 amide bonds. The van der Waals surface area contributed by atoms with Gasteiger partial charge in [0.05, 0.1) is 18.8 Å². The predicted octanol–water partition coefficient (Wildman–Crippen LogP) is 2.37. The first-order valence-corrected chi connectivity index (χ1v) is 5.51. The van der Waals surface area contributed by atoms with Crippen LogP contribution in [0.15, 0.2) is 18.2 Å². The molecule has 0 unspecified atom stereocenters. The Balaban J connectivity index is 2.66. The van der Waals surface area contributed by atoms with E-state index in [9.17, 15) is 4.79 Å². The van der Waals surface area contributed by atoms with Crippen LogP contribution in [0.4, 0.5) is 4.79 Å². The van der Waals surface area contributed by atoms with Gasteiger partial charge in [0.2, 0.25) is 0 Å². The first kappa shape index (κ1) is 12.5. The fraction of sp³-hybridized carbons (Fsp3) is 0.500. The molecule has 16 heavy (non-hydrogen) atoms. The molecule has 88 valence electrons. The van der Waals surface area contributed by atoms with Crippen molar-refractivity contribution in [2.24, 2.45) is 0 Å². The number of rotatable bonds is 4. The van der Waals surface area contributed by atoms with E-state index in [1.54, 1.807) is 11.8 Å². The molecule has 4 nitrogen and oxygen atoms in total. The Hall–Kier alpha value is -1.58. The Morgan fingerprint density at radius 2 is 2.19 bits per heavy atom. The van der Waals surface area contributed by atoms with Crippen molar-refractivity contribution in [3.63, 3.8) is 0 Å². The molecule has 0 fully saturated rings. The monoisotopic (exact) mass is 222 g/mol. The number of aryl methyl sites for hydroxylation is 1. The average Bonchev–Trinajstić information content (AvgIpc) is 2.26. The second-order valence-electron chi connectivity index (χ2n) is 3.48. The highest BCUT2D eigenvalue weighted by atomic mass is 16.6. The van der Waals surface area contributed by atoms with E-state index >= 15 is 0 Å². The van der Waals surface area contributed by atoms with Crippen LogP contribution in [0.25, 0.3) is 0 Å². The summed E-state index contributed by atoms with van der Waals surface area (Å²) in [6, 6.07) is 5.79. The highest BCUT2D eigenvalue weighted by molar-refractivity contribution is 5.67. The highest BCUT2D eigenvalue weighted by Crippen LogP contribution is 2.04. The van der Waals surface area contributed by atoms with Crippen molar-refractivity contribution < 1.29 is 9.53 Å². The number of amides is 1. The van der Waals surface area contributed by atoms with Crippen LogP contribution in [0, 0.1) is 6.92 Å². The maximum Gasteiger partial charge on any atom is 0.410 e. The molecule has 0 aliphatic carbocycles. The second-order valence-corrected chi connectivity index (χ2v) is 3.48. The van der Waals surface area contributed by atoms with E-state index in [2.05, 4.69) is 4.98 Å². The maximum atomic E-state index is 11.5. The summed E-state index contributed by atoms with van der Waals surface area (Å²) < 4.78 is 4.96. The van der Waals surface area contributed by atoms with E-state index in [-0.39, 0.29) is 6.09 Å². The van der Waals surface area contributed by atoms with Crippen LogP contribution >= 0.6 is 0 Å². The van der Waals surface area contributed by atoms with Crippen LogP contribution in [0.1, 0.15) is 25.2 Å². The van der Waals surface area contributed by atoms with Gasteiger partial charge >= 0.3 is 6.09 Å². The van der Waals surface area contributed by atoms with Gasteiger partial charge in [-0.2, -0.15) is 0 Å². The third-order valence-corrected chi connectivity index (χ3v) is 2.21. The molecule has 1 aromatic rings. The maximum absolute atomic E-state index is 11.5. The Morgan fingerprint density at radius 1 is 1.44 bits per heavy atom. The summed E-state index contributed by atoms with van der Waals surface area (Å²) in [6.45, 7) is 7.18. The molecule has 0 bridgehead atoms. The largest absolute Gasteiger partial charge is 0.450 e. The van der Waals surface area contributed by atoms with E-state index in [4.69, 9.17) is 4.74 Å². The molecule has 0 spiro atoms. The molecule has 0 aromatic carbocycles. The van der Waals surface area contributed by atoms with Gasteiger partial charge in [0.1, 0.15) is 0 Å². The molecule has 0 aliphatic heterocycles. The van der Waals surface area contributed by atoms with Gasteiger partial charge in [0.25, 0.3) is 0 Å². The molecule has 1 rings (SSSR count). The molecule has 0 saturated heterocycles. The minimum atomic E-state index is -0.284. The quantitative estimate of drug-likeness (QED) is 0.785. The van der Waals surface area contributed by atoms with Gasteiger partial charge in [-0.25, -0.2) is 4.79 Å². The molecule has 4 heteroatoms. The van der Waals surface area contributed by atoms with E-state index in [0.717, 1.165) is 11.4 Å². The van der Waals surface area contributed by atoms with Gasteiger partial charge in [0.15, 0.2) is 0 Å². The topological polar surface area (TPSA) is 42.4 Å². The zero-order valence-corrected chi connectivity index (χ0v) is 10.1. The van der Waals surface area contributed by atoms with Crippen molar-refractivity contribution in [1.82, 2.24) is 9.88 Å². The Morgan fingerprint density at radius 3 is 2.75 bits per heavy atom. The molecule has 0 saturated carbocycles.